The molecule has 6 atom stereocenters. The topological polar surface area (TPSA) is 199 Å². The maximum atomic E-state index is 14.6. The number of ether oxygens (including phenoxy) is 2. The highest BCUT2D eigenvalue weighted by Crippen LogP contribution is 2.31. The summed E-state index contributed by atoms with van der Waals surface area (Å²) in [5.74, 6) is -2.41. The molecule has 0 radical (unpaired) electrons. The van der Waals surface area contributed by atoms with Crippen LogP contribution in [0.4, 0.5) is 10.5 Å². The number of hydrogen-bond acceptors (Lipinski definition) is 9. The van der Waals surface area contributed by atoms with E-state index in [4.69, 9.17) is 9.47 Å². The van der Waals surface area contributed by atoms with Crippen molar-refractivity contribution in [3.05, 3.63) is 60.2 Å². The second-order valence-electron chi connectivity index (χ2n) is 15.5. The van der Waals surface area contributed by atoms with Gasteiger partial charge in [0.15, 0.2) is 6.10 Å². The molecule has 4 bridgehead atoms. The number of aliphatic hydroxyl groups is 1. The monoisotopic (exact) mass is 805 g/mol. The summed E-state index contributed by atoms with van der Waals surface area (Å²) in [6.45, 7) is 2.09. The fraction of sp³-hybridized carbons (Fsp3) is 0.571. The summed E-state index contributed by atoms with van der Waals surface area (Å²) in [7, 11) is 4.77. The lowest BCUT2D eigenvalue weighted by Gasteiger charge is -2.36. The molecule has 5 N–H and O–H groups in total. The molecule has 316 valence electrons. The Morgan fingerprint density at radius 2 is 1.71 bits per heavy atom. The van der Waals surface area contributed by atoms with Crippen molar-refractivity contribution in [1.29, 1.82) is 0 Å². The Bertz CT molecular complexity index is 1740. The summed E-state index contributed by atoms with van der Waals surface area (Å²) >= 11 is 0. The first-order valence-corrected chi connectivity index (χ1v) is 20.4. The third-order valence-corrected chi connectivity index (χ3v) is 11.1. The molecular weight excluding hydrogens is 747 g/mol. The molecule has 1 saturated carbocycles. The van der Waals surface area contributed by atoms with Crippen LogP contribution in [0.3, 0.4) is 0 Å². The molecule has 5 rings (SSSR count). The predicted octanol–water partition coefficient (Wildman–Crippen LogP) is 2.26. The van der Waals surface area contributed by atoms with Crippen LogP contribution in [-0.4, -0.2) is 128 Å². The maximum Gasteiger partial charge on any atom is 0.322 e. The van der Waals surface area contributed by atoms with Crippen LogP contribution < -0.4 is 30.9 Å². The summed E-state index contributed by atoms with van der Waals surface area (Å²) in [5.41, 5.74) is 1.15. The number of nitrogens with one attached hydrogen (secondary N) is 4. The van der Waals surface area contributed by atoms with Gasteiger partial charge in [0.1, 0.15) is 23.9 Å². The maximum absolute atomic E-state index is 14.6. The molecule has 2 aliphatic heterocycles. The zero-order valence-corrected chi connectivity index (χ0v) is 34.0. The molecule has 0 spiro atoms. The van der Waals surface area contributed by atoms with Crippen molar-refractivity contribution in [2.45, 2.75) is 101 Å². The fourth-order valence-corrected chi connectivity index (χ4v) is 7.82. The van der Waals surface area contributed by atoms with E-state index in [1.807, 2.05) is 13.0 Å². The van der Waals surface area contributed by atoms with Crippen molar-refractivity contribution < 1.29 is 43.3 Å². The van der Waals surface area contributed by atoms with Gasteiger partial charge in [0, 0.05) is 52.3 Å². The number of urea groups is 1. The zero-order valence-electron chi connectivity index (χ0n) is 34.0. The minimum absolute atomic E-state index is 0.114. The number of amides is 7. The zero-order chi connectivity index (χ0) is 41.8. The number of nitrogens with zero attached hydrogens (tertiary/aromatic N) is 3. The van der Waals surface area contributed by atoms with Gasteiger partial charge in [0.2, 0.25) is 23.6 Å². The third kappa shape index (κ3) is 11.5. The average Bonchev–Trinajstić information content (AvgIpc) is 3.67. The highest BCUT2D eigenvalue weighted by molar-refractivity contribution is 5.97. The van der Waals surface area contributed by atoms with Crippen LogP contribution in [0.25, 0.3) is 0 Å². The number of aliphatic hydroxyl groups excluding tert-OH is 1. The number of benzene rings is 2. The second-order valence-corrected chi connectivity index (χ2v) is 15.5. The van der Waals surface area contributed by atoms with Crippen LogP contribution in [0, 0.1) is 5.92 Å². The van der Waals surface area contributed by atoms with E-state index in [2.05, 4.69) is 21.3 Å². The number of carbonyl (C=O) groups is 6. The molecule has 2 unspecified atom stereocenters. The quantitative estimate of drug-likeness (QED) is 0.214. The smallest absolute Gasteiger partial charge is 0.322 e. The van der Waals surface area contributed by atoms with Gasteiger partial charge in [-0.3, -0.25) is 28.9 Å². The minimum Gasteiger partial charge on any atom is -0.493 e. The fourth-order valence-electron chi connectivity index (χ4n) is 7.82. The van der Waals surface area contributed by atoms with Gasteiger partial charge in [-0.05, 0) is 42.9 Å². The highest BCUT2D eigenvalue weighted by Gasteiger charge is 2.45. The number of likely N-dealkylation sites (N-methyl/N-ethyl adjacent to an activating group) is 1. The first kappa shape index (κ1) is 43.9. The summed E-state index contributed by atoms with van der Waals surface area (Å²) in [5, 5.41) is 22.1. The molecule has 2 aromatic rings. The van der Waals surface area contributed by atoms with Crippen LogP contribution in [0.1, 0.15) is 76.3 Å². The first-order chi connectivity index (χ1) is 27.9. The van der Waals surface area contributed by atoms with Crippen LogP contribution in [0.5, 0.6) is 5.75 Å². The largest absolute Gasteiger partial charge is 0.493 e. The van der Waals surface area contributed by atoms with Gasteiger partial charge in [0.05, 0.1) is 31.9 Å². The van der Waals surface area contributed by atoms with Gasteiger partial charge in [-0.1, -0.05) is 69.0 Å². The molecule has 58 heavy (non-hydrogen) atoms. The Balaban J connectivity index is 1.30. The third-order valence-electron chi connectivity index (χ3n) is 11.1. The van der Waals surface area contributed by atoms with E-state index in [0.717, 1.165) is 32.1 Å². The van der Waals surface area contributed by atoms with E-state index < -0.39 is 66.7 Å². The van der Waals surface area contributed by atoms with E-state index in [9.17, 15) is 33.9 Å². The summed E-state index contributed by atoms with van der Waals surface area (Å²) in [4.78, 5) is 86.0. The molecule has 1 aliphatic carbocycles. The van der Waals surface area contributed by atoms with Crippen molar-refractivity contribution in [3.8, 4) is 5.75 Å². The van der Waals surface area contributed by atoms with E-state index >= 15 is 0 Å². The predicted molar refractivity (Wildman–Crippen MR) is 216 cm³/mol. The Kier molecular flexibility index (Phi) is 15.9. The van der Waals surface area contributed by atoms with Crippen molar-refractivity contribution in [2.75, 3.05) is 52.3 Å². The molecule has 2 heterocycles. The minimum atomic E-state index is -1.74. The molecule has 2 aromatic carbocycles. The highest BCUT2D eigenvalue weighted by atomic mass is 16.5. The van der Waals surface area contributed by atoms with E-state index in [-0.39, 0.29) is 37.1 Å². The molecule has 0 aromatic heterocycles. The van der Waals surface area contributed by atoms with Gasteiger partial charge in [-0.25, -0.2) is 4.79 Å². The number of fused-ring (bicyclic) bond motifs is 4. The average molecular weight is 806 g/mol. The number of hydrogen-bond donors (Lipinski definition) is 5. The van der Waals surface area contributed by atoms with Crippen LogP contribution >= 0.6 is 0 Å². The lowest BCUT2D eigenvalue weighted by molar-refractivity contribution is -0.142. The molecule has 3 aliphatic rings. The Morgan fingerprint density at radius 3 is 2.41 bits per heavy atom. The van der Waals surface area contributed by atoms with Crippen molar-refractivity contribution in [3.63, 3.8) is 0 Å². The first-order valence-electron chi connectivity index (χ1n) is 20.4. The SMILES string of the molecule is CCCC(NC(=O)[C@@H]1C[C@@H]2CN1C(=O)[C@H](C1CCCCC1)NC(=O)N(C)c1cccc(c1)OCCCO2)C(O)C(=O)NCC(=O)N[C@H](C(=O)N(C)C)c1ccccc1. The number of anilines is 1. The molecule has 2 fully saturated rings. The summed E-state index contributed by atoms with van der Waals surface area (Å²) in [6.07, 6.45) is 3.54. The molecule has 1 saturated heterocycles. The Morgan fingerprint density at radius 1 is 0.966 bits per heavy atom. The number of rotatable bonds is 12. The summed E-state index contributed by atoms with van der Waals surface area (Å²) in [6, 6.07) is 11.4. The van der Waals surface area contributed by atoms with Gasteiger partial charge < -0.3 is 45.6 Å². The molecule has 16 heteroatoms. The van der Waals surface area contributed by atoms with E-state index in [1.165, 1.54) is 14.7 Å². The lowest BCUT2D eigenvalue weighted by atomic mass is 9.83. The van der Waals surface area contributed by atoms with Crippen molar-refractivity contribution in [2.24, 2.45) is 5.92 Å². The molecule has 16 nitrogen and oxygen atoms in total. The van der Waals surface area contributed by atoms with E-state index in [1.54, 1.807) is 69.7 Å². The normalized spacial score (nSPS) is 22.1. The molecular formula is C42H59N7O9. The Hall–Kier alpha value is -5.22. The van der Waals surface area contributed by atoms with Gasteiger partial charge in [-0.2, -0.15) is 0 Å². The Labute approximate surface area is 340 Å². The van der Waals surface area contributed by atoms with Crippen LogP contribution in [0.2, 0.25) is 0 Å². The van der Waals surface area contributed by atoms with Crippen molar-refractivity contribution >= 4 is 41.3 Å². The van der Waals surface area contributed by atoms with Crippen molar-refractivity contribution in [1.82, 2.24) is 31.1 Å². The molecule has 7 amide bonds. The van der Waals surface area contributed by atoms with Gasteiger partial charge in [0.25, 0.3) is 5.91 Å². The van der Waals surface area contributed by atoms with Gasteiger partial charge in [-0.15, -0.1) is 0 Å². The second kappa shape index (κ2) is 21.0. The standard InChI is InChI=1S/C42H59N7O9/c1-5-14-32(37(51)39(53)43-25-34(50)45-35(40(54)47(2)3)27-15-8-6-9-16-27)44-38(52)33-24-31-26-49(33)41(55)36(28-17-10-7-11-18-28)46-42(56)48(4)29-19-12-20-30(23-29)57-21-13-22-58-31/h6,8-9,12,15-16,19-20,23,28,31-33,35-37,51H,5,7,10-11,13-14,17-18,21-22,24-26H2,1-4H3,(H,43,53)(H,44,52)(H,45,50)(H,46,56)/t31-,32?,33+,35+,36+,37?/m1/s1. The summed E-state index contributed by atoms with van der Waals surface area (Å²) < 4.78 is 12.1. The van der Waals surface area contributed by atoms with Crippen LogP contribution in [-0.2, 0) is 28.7 Å². The number of carbonyl (C=O) groups excluding carboxylic acids is 6. The van der Waals surface area contributed by atoms with E-state index in [0.29, 0.717) is 43.1 Å². The van der Waals surface area contributed by atoms with Gasteiger partial charge >= 0.3 is 6.03 Å². The lowest BCUT2D eigenvalue weighted by Crippen LogP contribution is -2.59. The van der Waals surface area contributed by atoms with Crippen LogP contribution in [0.15, 0.2) is 54.6 Å².